The highest BCUT2D eigenvalue weighted by Crippen LogP contribution is 2.44. The maximum absolute atomic E-state index is 13.9. The number of carbonyl (C=O) groups is 2. The van der Waals surface area contributed by atoms with Crippen molar-refractivity contribution in [3.63, 3.8) is 0 Å². The van der Waals surface area contributed by atoms with Gasteiger partial charge in [0.25, 0.3) is 5.91 Å². The molecule has 2 amide bonds. The molecule has 1 spiro atoms. The SMILES string of the molecule is Cc1c(C(=O)NC2COC2)cc(C2=NN(C(=O)C3CCCCC3)C3(CCCCC3)C2)n1CC1CCCCC1. The van der Waals surface area contributed by atoms with Gasteiger partial charge in [0.05, 0.1) is 41.8 Å². The molecule has 3 heterocycles. The number of carbonyl (C=O) groups excluding carboxylic acids is 2. The van der Waals surface area contributed by atoms with Crippen molar-refractivity contribution < 1.29 is 14.3 Å². The smallest absolute Gasteiger partial charge is 0.253 e. The Bertz CT molecular complexity index is 1050. The van der Waals surface area contributed by atoms with Gasteiger partial charge in [-0.3, -0.25) is 9.59 Å². The van der Waals surface area contributed by atoms with Crippen molar-refractivity contribution in [2.75, 3.05) is 13.2 Å². The molecule has 1 aromatic heterocycles. The Hall–Kier alpha value is -2.15. The second kappa shape index (κ2) is 11.1. The van der Waals surface area contributed by atoms with Crippen LogP contribution in [0, 0.1) is 18.8 Å². The first-order chi connectivity index (χ1) is 18.5. The maximum Gasteiger partial charge on any atom is 0.253 e. The molecule has 208 valence electrons. The Labute approximate surface area is 227 Å². The normalized spacial score (nSPS) is 24.9. The van der Waals surface area contributed by atoms with Crippen molar-refractivity contribution in [3.05, 3.63) is 23.0 Å². The number of nitrogens with zero attached hydrogens (tertiary/aromatic N) is 3. The van der Waals surface area contributed by atoms with E-state index in [1.54, 1.807) is 0 Å². The number of hydrogen-bond donors (Lipinski definition) is 1. The number of nitrogens with one attached hydrogen (secondary N) is 1. The molecule has 2 aliphatic heterocycles. The summed E-state index contributed by atoms with van der Waals surface area (Å²) < 4.78 is 7.67. The lowest BCUT2D eigenvalue weighted by Crippen LogP contribution is -2.49. The minimum absolute atomic E-state index is 0.0134. The molecule has 1 saturated heterocycles. The summed E-state index contributed by atoms with van der Waals surface area (Å²) in [6.07, 6.45) is 18.4. The Morgan fingerprint density at radius 2 is 1.63 bits per heavy atom. The fraction of sp³-hybridized carbons (Fsp3) is 0.774. The molecule has 0 aromatic carbocycles. The van der Waals surface area contributed by atoms with Gasteiger partial charge in [-0.05, 0) is 57.4 Å². The third kappa shape index (κ3) is 5.07. The van der Waals surface area contributed by atoms with Gasteiger partial charge in [-0.25, -0.2) is 5.01 Å². The fourth-order valence-corrected chi connectivity index (χ4v) is 7.75. The van der Waals surface area contributed by atoms with E-state index < -0.39 is 0 Å². The molecule has 7 nitrogen and oxygen atoms in total. The zero-order chi connectivity index (χ0) is 26.1. The third-order valence-corrected chi connectivity index (χ3v) is 10.2. The van der Waals surface area contributed by atoms with Crippen LogP contribution >= 0.6 is 0 Å². The summed E-state index contributed by atoms with van der Waals surface area (Å²) in [5.41, 5.74) is 3.68. The summed E-state index contributed by atoms with van der Waals surface area (Å²) in [5, 5.41) is 10.3. The van der Waals surface area contributed by atoms with Crippen molar-refractivity contribution in [2.45, 2.75) is 128 Å². The molecule has 1 aromatic rings. The number of hydrogen-bond acceptors (Lipinski definition) is 4. The average Bonchev–Trinajstić information content (AvgIpc) is 3.45. The highest BCUT2D eigenvalue weighted by atomic mass is 16.5. The Morgan fingerprint density at radius 1 is 0.974 bits per heavy atom. The summed E-state index contributed by atoms with van der Waals surface area (Å²) in [7, 11) is 0. The molecule has 3 aliphatic carbocycles. The van der Waals surface area contributed by atoms with E-state index in [9.17, 15) is 9.59 Å². The third-order valence-electron chi connectivity index (χ3n) is 10.2. The van der Waals surface area contributed by atoms with E-state index in [4.69, 9.17) is 9.84 Å². The average molecular weight is 523 g/mol. The number of hydrazone groups is 1. The summed E-state index contributed by atoms with van der Waals surface area (Å²) in [5.74, 6) is 0.995. The first-order valence-electron chi connectivity index (χ1n) is 15.5. The number of rotatable bonds is 6. The first-order valence-corrected chi connectivity index (χ1v) is 15.5. The summed E-state index contributed by atoms with van der Waals surface area (Å²) in [6, 6.07) is 2.18. The zero-order valence-electron chi connectivity index (χ0n) is 23.3. The van der Waals surface area contributed by atoms with E-state index in [1.807, 2.05) is 5.01 Å². The molecule has 7 heteroatoms. The lowest BCUT2D eigenvalue weighted by atomic mass is 9.77. The van der Waals surface area contributed by atoms with E-state index in [0.29, 0.717) is 19.1 Å². The highest BCUT2D eigenvalue weighted by molar-refractivity contribution is 6.06. The first kappa shape index (κ1) is 26.1. The molecule has 0 atom stereocenters. The van der Waals surface area contributed by atoms with Crippen LogP contribution in [0.15, 0.2) is 11.2 Å². The van der Waals surface area contributed by atoms with Crippen LogP contribution in [0.3, 0.4) is 0 Å². The number of ether oxygens (including phenoxy) is 1. The lowest BCUT2D eigenvalue weighted by Gasteiger charge is -2.41. The Kier molecular flexibility index (Phi) is 7.65. The molecule has 1 N–H and O–H groups in total. The Balaban J connectivity index is 1.34. The van der Waals surface area contributed by atoms with Gasteiger partial charge in [0.2, 0.25) is 5.91 Å². The zero-order valence-corrected chi connectivity index (χ0v) is 23.3. The molecular weight excluding hydrogens is 476 g/mol. The summed E-state index contributed by atoms with van der Waals surface area (Å²) in [4.78, 5) is 27.3. The second-order valence-electron chi connectivity index (χ2n) is 12.8. The van der Waals surface area contributed by atoms with Crippen molar-refractivity contribution in [1.29, 1.82) is 0 Å². The largest absolute Gasteiger partial charge is 0.377 e. The molecule has 3 saturated carbocycles. The number of aromatic nitrogens is 1. The van der Waals surface area contributed by atoms with E-state index in [0.717, 1.165) is 87.0 Å². The van der Waals surface area contributed by atoms with Gasteiger partial charge in [-0.15, -0.1) is 0 Å². The predicted octanol–water partition coefficient (Wildman–Crippen LogP) is 5.73. The Morgan fingerprint density at radius 3 is 2.29 bits per heavy atom. The van der Waals surface area contributed by atoms with Crippen LogP contribution in [0.2, 0.25) is 0 Å². The van der Waals surface area contributed by atoms with Gasteiger partial charge >= 0.3 is 0 Å². The van der Waals surface area contributed by atoms with Crippen LogP contribution in [0.1, 0.15) is 124 Å². The van der Waals surface area contributed by atoms with Crippen LogP contribution in [-0.2, 0) is 16.1 Å². The molecule has 5 aliphatic rings. The van der Waals surface area contributed by atoms with Crippen LogP contribution in [0.5, 0.6) is 0 Å². The van der Waals surface area contributed by atoms with Crippen molar-refractivity contribution in [1.82, 2.24) is 14.9 Å². The lowest BCUT2D eigenvalue weighted by molar-refractivity contribution is -0.143. The predicted molar refractivity (Wildman–Crippen MR) is 148 cm³/mol. The van der Waals surface area contributed by atoms with Gasteiger partial charge in [-0.2, -0.15) is 5.10 Å². The van der Waals surface area contributed by atoms with Crippen LogP contribution in [0.25, 0.3) is 0 Å². The van der Waals surface area contributed by atoms with Crippen molar-refractivity contribution >= 4 is 17.5 Å². The van der Waals surface area contributed by atoms with E-state index in [2.05, 4.69) is 22.9 Å². The van der Waals surface area contributed by atoms with Gasteiger partial charge in [0.1, 0.15) is 0 Å². The monoisotopic (exact) mass is 522 g/mol. The van der Waals surface area contributed by atoms with Gasteiger partial charge in [-0.1, -0.05) is 57.8 Å². The maximum atomic E-state index is 13.9. The minimum Gasteiger partial charge on any atom is -0.377 e. The highest BCUT2D eigenvalue weighted by Gasteiger charge is 2.48. The minimum atomic E-state index is -0.179. The van der Waals surface area contributed by atoms with E-state index >= 15 is 0 Å². The van der Waals surface area contributed by atoms with Gasteiger partial charge in [0, 0.05) is 24.6 Å². The van der Waals surface area contributed by atoms with Crippen molar-refractivity contribution in [2.24, 2.45) is 16.9 Å². The summed E-state index contributed by atoms with van der Waals surface area (Å²) >= 11 is 0. The standard InChI is InChI=1S/C31H46N4O3/c1-22-26(29(36)32-25-20-38-21-25)17-28(34(22)19-23-11-5-2-6-12-23)27-18-31(15-9-4-10-16-31)35(33-27)30(37)24-13-7-3-8-14-24/h17,23-25H,2-16,18-21H2,1H3,(H,32,36). The molecule has 38 heavy (non-hydrogen) atoms. The number of amides is 2. The van der Waals surface area contributed by atoms with Crippen LogP contribution in [0.4, 0.5) is 0 Å². The molecule has 0 bridgehead atoms. The second-order valence-corrected chi connectivity index (χ2v) is 12.8. The van der Waals surface area contributed by atoms with Crippen LogP contribution < -0.4 is 5.32 Å². The summed E-state index contributed by atoms with van der Waals surface area (Å²) in [6.45, 7) is 4.21. The van der Waals surface area contributed by atoms with Crippen molar-refractivity contribution in [3.8, 4) is 0 Å². The van der Waals surface area contributed by atoms with Crippen LogP contribution in [-0.4, -0.2) is 51.9 Å². The topological polar surface area (TPSA) is 75.9 Å². The molecule has 0 unspecified atom stereocenters. The molecule has 4 fully saturated rings. The molecule has 0 radical (unpaired) electrons. The van der Waals surface area contributed by atoms with E-state index in [1.165, 1.54) is 44.9 Å². The fourth-order valence-electron chi connectivity index (χ4n) is 7.75. The molecular formula is C31H46N4O3. The van der Waals surface area contributed by atoms with Gasteiger partial charge < -0.3 is 14.6 Å². The van der Waals surface area contributed by atoms with Gasteiger partial charge in [0.15, 0.2) is 0 Å². The quantitative estimate of drug-likeness (QED) is 0.519. The van der Waals surface area contributed by atoms with E-state index in [-0.39, 0.29) is 29.3 Å². The molecule has 6 rings (SSSR count).